The fraction of sp³-hybridized carbons (Fsp3) is 0.316. The molecule has 2 rings (SSSR count). The van der Waals surface area contributed by atoms with Gasteiger partial charge in [-0.15, -0.1) is 11.3 Å². The topological polar surface area (TPSA) is 72.5 Å². The molecule has 26 heavy (non-hydrogen) atoms. The molecule has 0 aliphatic heterocycles. The fourth-order valence-electron chi connectivity index (χ4n) is 2.33. The van der Waals surface area contributed by atoms with E-state index in [9.17, 15) is 14.4 Å². The molecular weight excluding hydrogens is 374 g/mol. The van der Waals surface area contributed by atoms with E-state index in [0.717, 1.165) is 15.3 Å². The minimum Gasteiger partial charge on any atom is -0.456 e. The summed E-state index contributed by atoms with van der Waals surface area (Å²) in [6.07, 6.45) is 0.0277. The van der Waals surface area contributed by atoms with Crippen LogP contribution in [-0.2, 0) is 20.9 Å². The highest BCUT2D eigenvalue weighted by atomic mass is 35.5. The van der Waals surface area contributed by atoms with Crippen LogP contribution in [0.25, 0.3) is 0 Å². The molecule has 0 saturated carbocycles. The number of carbonyl (C=O) groups excluding carboxylic acids is 3. The normalized spacial score (nSPS) is 10.4. The highest BCUT2D eigenvalue weighted by Crippen LogP contribution is 2.22. The number of benzene rings is 1. The Labute approximate surface area is 161 Å². The van der Waals surface area contributed by atoms with Crippen LogP contribution in [0.5, 0.6) is 0 Å². The summed E-state index contributed by atoms with van der Waals surface area (Å²) in [5, 5.41) is 3.27. The zero-order valence-corrected chi connectivity index (χ0v) is 16.2. The van der Waals surface area contributed by atoms with Gasteiger partial charge < -0.3 is 10.1 Å². The van der Waals surface area contributed by atoms with Crippen LogP contribution in [0.3, 0.4) is 0 Å². The third-order valence-corrected chi connectivity index (χ3v) is 4.88. The maximum atomic E-state index is 12.1. The van der Waals surface area contributed by atoms with Crippen molar-refractivity contribution in [2.24, 2.45) is 0 Å². The number of halogens is 1. The molecule has 0 atom stereocenters. The molecule has 0 bridgehead atoms. The third kappa shape index (κ3) is 6.28. The molecule has 5 nitrogen and oxygen atoms in total. The summed E-state index contributed by atoms with van der Waals surface area (Å²) in [6, 6.07) is 8.90. The molecule has 0 radical (unpaired) electrons. The lowest BCUT2D eigenvalue weighted by atomic mass is 10.1. The Balaban J connectivity index is 1.67. The van der Waals surface area contributed by atoms with Gasteiger partial charge >= 0.3 is 5.97 Å². The molecule has 1 aromatic carbocycles. The lowest BCUT2D eigenvalue weighted by Gasteiger charge is -2.07. The Bertz CT molecular complexity index is 798. The van der Waals surface area contributed by atoms with E-state index in [0.29, 0.717) is 17.1 Å². The first-order valence-corrected chi connectivity index (χ1v) is 9.31. The number of nitrogens with one attached hydrogen (secondary N) is 1. The van der Waals surface area contributed by atoms with E-state index in [4.69, 9.17) is 16.3 Å². The highest BCUT2D eigenvalue weighted by Gasteiger charge is 2.15. The van der Waals surface area contributed by atoms with Crippen LogP contribution in [0.1, 0.15) is 38.5 Å². The smallest absolute Gasteiger partial charge is 0.306 e. The number of Topliss-reactive ketones (excluding diaryl/α,β-unsaturated/α-hetero) is 1. The van der Waals surface area contributed by atoms with E-state index in [1.165, 1.54) is 0 Å². The molecule has 1 aromatic heterocycles. The molecule has 0 saturated heterocycles. The van der Waals surface area contributed by atoms with Crippen LogP contribution < -0.4 is 5.32 Å². The monoisotopic (exact) mass is 393 g/mol. The Morgan fingerprint density at radius 2 is 1.81 bits per heavy atom. The van der Waals surface area contributed by atoms with Gasteiger partial charge in [0.05, 0.1) is 6.42 Å². The lowest BCUT2D eigenvalue weighted by Crippen LogP contribution is -2.28. The second kappa shape index (κ2) is 9.50. The van der Waals surface area contributed by atoms with Gasteiger partial charge in [0.25, 0.3) is 5.91 Å². The van der Waals surface area contributed by atoms with Crippen molar-refractivity contribution < 1.29 is 19.1 Å². The molecule has 0 fully saturated rings. The first kappa shape index (κ1) is 20.1. The van der Waals surface area contributed by atoms with Gasteiger partial charge in [-0.3, -0.25) is 14.4 Å². The number of hydrogen-bond donors (Lipinski definition) is 1. The molecule has 1 N–H and O–H groups in total. The molecule has 0 aliphatic carbocycles. The van der Waals surface area contributed by atoms with Crippen molar-refractivity contribution in [2.45, 2.75) is 33.2 Å². The number of esters is 1. The predicted octanol–water partition coefficient (Wildman–Crippen LogP) is 3.84. The van der Waals surface area contributed by atoms with Crippen molar-refractivity contribution in [2.75, 3.05) is 6.61 Å². The van der Waals surface area contributed by atoms with Gasteiger partial charge in [0.15, 0.2) is 12.4 Å². The summed E-state index contributed by atoms with van der Waals surface area (Å²) < 4.78 is 4.91. The summed E-state index contributed by atoms with van der Waals surface area (Å²) >= 11 is 7.34. The number of aryl methyl sites for hydroxylation is 2. The van der Waals surface area contributed by atoms with Crippen molar-refractivity contribution in [3.63, 3.8) is 0 Å². The van der Waals surface area contributed by atoms with Gasteiger partial charge in [-0.25, -0.2) is 0 Å². The summed E-state index contributed by atoms with van der Waals surface area (Å²) in [7, 11) is 0. The number of hydrogen-bond acceptors (Lipinski definition) is 5. The summed E-state index contributed by atoms with van der Waals surface area (Å²) in [6.45, 7) is 3.78. The second-order valence-corrected chi connectivity index (χ2v) is 7.71. The van der Waals surface area contributed by atoms with E-state index >= 15 is 0 Å². The Hall–Kier alpha value is -2.18. The first-order valence-electron chi connectivity index (χ1n) is 8.12. The van der Waals surface area contributed by atoms with Gasteiger partial charge in [0.2, 0.25) is 0 Å². The molecule has 1 amide bonds. The minimum absolute atomic E-state index is 0.0440. The van der Waals surface area contributed by atoms with Gasteiger partial charge in [0, 0.05) is 33.3 Å². The average Bonchev–Trinajstić information content (AvgIpc) is 2.95. The molecule has 0 aliphatic rings. The maximum Gasteiger partial charge on any atom is 0.306 e. The molecule has 0 spiro atoms. The molecular formula is C19H20ClNO4S. The quantitative estimate of drug-likeness (QED) is 0.546. The van der Waals surface area contributed by atoms with Crippen molar-refractivity contribution in [1.82, 2.24) is 5.32 Å². The second-order valence-electron chi connectivity index (χ2n) is 5.81. The summed E-state index contributed by atoms with van der Waals surface area (Å²) in [5.74, 6) is -1.05. The van der Waals surface area contributed by atoms with E-state index in [-0.39, 0.29) is 25.2 Å². The number of rotatable bonds is 8. The largest absolute Gasteiger partial charge is 0.456 e. The van der Waals surface area contributed by atoms with Crippen LogP contribution in [0, 0.1) is 13.8 Å². The predicted molar refractivity (Wildman–Crippen MR) is 102 cm³/mol. The van der Waals surface area contributed by atoms with Crippen LogP contribution in [0.2, 0.25) is 5.02 Å². The third-order valence-electron chi connectivity index (χ3n) is 3.66. The maximum absolute atomic E-state index is 12.1. The standard InChI is InChI=1S/C19H20ClNO4S/c1-12-9-16(13(2)26-12)17(22)7-8-19(24)25-11-18(23)21-10-14-3-5-15(20)6-4-14/h3-6,9H,7-8,10-11H2,1-2H3,(H,21,23). The van der Waals surface area contributed by atoms with Crippen LogP contribution in [0.4, 0.5) is 0 Å². The van der Waals surface area contributed by atoms with E-state index in [1.54, 1.807) is 35.6 Å². The highest BCUT2D eigenvalue weighted by molar-refractivity contribution is 7.12. The number of ketones is 1. The van der Waals surface area contributed by atoms with Crippen molar-refractivity contribution in [1.29, 1.82) is 0 Å². The lowest BCUT2D eigenvalue weighted by molar-refractivity contribution is -0.148. The Morgan fingerprint density at radius 1 is 1.12 bits per heavy atom. The van der Waals surface area contributed by atoms with Crippen LogP contribution in [0.15, 0.2) is 30.3 Å². The Morgan fingerprint density at radius 3 is 2.42 bits per heavy atom. The zero-order chi connectivity index (χ0) is 19.1. The molecule has 2 aromatic rings. The number of carbonyl (C=O) groups is 3. The van der Waals surface area contributed by atoms with Gasteiger partial charge in [0.1, 0.15) is 0 Å². The first-order chi connectivity index (χ1) is 12.3. The Kier molecular flexibility index (Phi) is 7.36. The van der Waals surface area contributed by atoms with Gasteiger partial charge in [-0.2, -0.15) is 0 Å². The van der Waals surface area contributed by atoms with Gasteiger partial charge in [-0.1, -0.05) is 23.7 Å². The molecule has 0 unspecified atom stereocenters. The number of thiophene rings is 1. The average molecular weight is 394 g/mol. The van der Waals surface area contributed by atoms with E-state index in [1.807, 2.05) is 19.9 Å². The van der Waals surface area contributed by atoms with Crippen molar-refractivity contribution in [3.05, 3.63) is 56.2 Å². The number of ether oxygens (including phenoxy) is 1. The number of amides is 1. The van der Waals surface area contributed by atoms with E-state index < -0.39 is 11.9 Å². The minimum atomic E-state index is -0.565. The summed E-state index contributed by atoms with van der Waals surface area (Å²) in [4.78, 5) is 37.6. The molecule has 7 heteroatoms. The SMILES string of the molecule is Cc1cc(C(=O)CCC(=O)OCC(=O)NCc2ccc(Cl)cc2)c(C)s1. The fourth-order valence-corrected chi connectivity index (χ4v) is 3.40. The molecule has 1 heterocycles. The van der Waals surface area contributed by atoms with E-state index in [2.05, 4.69) is 5.32 Å². The van der Waals surface area contributed by atoms with Crippen molar-refractivity contribution in [3.8, 4) is 0 Å². The van der Waals surface area contributed by atoms with Gasteiger partial charge in [-0.05, 0) is 37.6 Å². The zero-order valence-electron chi connectivity index (χ0n) is 14.6. The van der Waals surface area contributed by atoms with Crippen LogP contribution >= 0.6 is 22.9 Å². The van der Waals surface area contributed by atoms with Crippen LogP contribution in [-0.4, -0.2) is 24.3 Å². The summed E-state index contributed by atoms with van der Waals surface area (Å²) in [5.41, 5.74) is 1.54. The molecule has 138 valence electrons. The van der Waals surface area contributed by atoms with Crippen molar-refractivity contribution >= 4 is 40.6 Å².